The molecular weight excluding hydrogens is 442 g/mol. The van der Waals surface area contributed by atoms with Crippen LogP contribution in [0.15, 0.2) is 27.9 Å². The number of amides is 2. The fourth-order valence-corrected chi connectivity index (χ4v) is 5.25. The predicted octanol–water partition coefficient (Wildman–Crippen LogP) is 5.16. The molecule has 3 aromatic rings. The van der Waals surface area contributed by atoms with Crippen molar-refractivity contribution < 1.29 is 14.3 Å². The van der Waals surface area contributed by atoms with E-state index in [0.717, 1.165) is 22.5 Å². The van der Waals surface area contributed by atoms with Crippen LogP contribution < -0.4 is 10.2 Å². The molecule has 0 aliphatic heterocycles. The van der Waals surface area contributed by atoms with Gasteiger partial charge in [-0.25, -0.2) is 9.78 Å². The number of aromatic nitrogens is 3. The van der Waals surface area contributed by atoms with Crippen LogP contribution in [-0.2, 0) is 15.3 Å². The second kappa shape index (κ2) is 10.0. The maximum Gasteiger partial charge on any atom is 0.413 e. The smallest absolute Gasteiger partial charge is 0.413 e. The number of aryl methyl sites for hydroxylation is 2. The number of nitrogens with zero attached hydrogens (tertiary/aromatic N) is 4. The number of thiazole rings is 1. The highest BCUT2D eigenvalue weighted by molar-refractivity contribution is 8.00. The lowest BCUT2D eigenvalue weighted by Gasteiger charge is -2.20. The lowest BCUT2D eigenvalue weighted by molar-refractivity contribution is -0.115. The number of hydrogen-bond acceptors (Lipinski definition) is 9. The molecule has 0 atom stereocenters. The van der Waals surface area contributed by atoms with Crippen molar-refractivity contribution in [3.8, 4) is 0 Å². The van der Waals surface area contributed by atoms with Crippen LogP contribution in [0.4, 0.5) is 20.7 Å². The predicted molar refractivity (Wildman–Crippen MR) is 121 cm³/mol. The van der Waals surface area contributed by atoms with Gasteiger partial charge in [0, 0.05) is 18.1 Å². The first-order valence-electron chi connectivity index (χ1n) is 9.09. The van der Waals surface area contributed by atoms with Gasteiger partial charge < -0.3 is 4.74 Å². The van der Waals surface area contributed by atoms with Gasteiger partial charge >= 0.3 is 6.09 Å². The van der Waals surface area contributed by atoms with E-state index in [0.29, 0.717) is 20.4 Å². The van der Waals surface area contributed by atoms with E-state index in [2.05, 4.69) is 20.5 Å². The van der Waals surface area contributed by atoms with Crippen LogP contribution in [0.1, 0.15) is 30.7 Å². The molecule has 2 amide bonds. The molecular formula is C19H21N5O3S3. The van der Waals surface area contributed by atoms with Gasteiger partial charge in [-0.1, -0.05) is 40.8 Å². The van der Waals surface area contributed by atoms with Crippen molar-refractivity contribution in [3.05, 3.63) is 40.4 Å². The number of anilines is 3. The Hall–Kier alpha value is -2.50. The van der Waals surface area contributed by atoms with Crippen molar-refractivity contribution in [2.24, 2.45) is 0 Å². The largest absolute Gasteiger partial charge is 0.450 e. The summed E-state index contributed by atoms with van der Waals surface area (Å²) in [5.74, 6) is 0.484. The van der Waals surface area contributed by atoms with Gasteiger partial charge in [0.2, 0.25) is 11.0 Å². The van der Waals surface area contributed by atoms with Crippen molar-refractivity contribution in [1.82, 2.24) is 15.2 Å². The molecule has 0 fully saturated rings. The minimum absolute atomic E-state index is 0.0886. The molecule has 30 heavy (non-hydrogen) atoms. The van der Waals surface area contributed by atoms with Crippen molar-refractivity contribution in [2.45, 2.75) is 37.8 Å². The van der Waals surface area contributed by atoms with Gasteiger partial charge in [-0.2, -0.15) is 0 Å². The quantitative estimate of drug-likeness (QED) is 0.382. The van der Waals surface area contributed by atoms with E-state index in [1.807, 2.05) is 37.4 Å². The number of rotatable bonds is 7. The Morgan fingerprint density at radius 2 is 2.07 bits per heavy atom. The number of nitrogens with one attached hydrogen (secondary N) is 1. The van der Waals surface area contributed by atoms with E-state index in [-0.39, 0.29) is 12.5 Å². The number of carbonyl (C=O) groups excluding carboxylic acids is 2. The Labute approximate surface area is 186 Å². The minimum Gasteiger partial charge on any atom is -0.450 e. The lowest BCUT2D eigenvalue weighted by atomic mass is 10.1. The molecule has 0 saturated carbocycles. The third-order valence-electron chi connectivity index (χ3n) is 3.87. The normalized spacial score (nSPS) is 10.7. The van der Waals surface area contributed by atoms with Crippen LogP contribution in [0.3, 0.4) is 0 Å². The zero-order valence-corrected chi connectivity index (χ0v) is 19.4. The molecule has 0 aliphatic rings. The molecule has 8 nitrogen and oxygen atoms in total. The van der Waals surface area contributed by atoms with E-state index in [1.165, 1.54) is 41.4 Å². The number of ether oxygens (including phenoxy) is 1. The maximum atomic E-state index is 12.3. The second-order valence-corrected chi connectivity index (χ2v) is 9.31. The zero-order valence-electron chi connectivity index (χ0n) is 17.0. The first-order valence-corrected chi connectivity index (χ1v) is 11.8. The highest BCUT2D eigenvalue weighted by atomic mass is 32.2. The summed E-state index contributed by atoms with van der Waals surface area (Å²) in [6, 6.07) is 5.98. The summed E-state index contributed by atoms with van der Waals surface area (Å²) in [6.45, 7) is 7.57. The molecule has 1 aromatic carbocycles. The molecule has 1 N–H and O–H groups in total. The SMILES string of the molecule is CCOC(=O)Nc1nnc(SCc2csc(N(C(C)=O)c3ccc(C)cc3C)n2)s1. The molecule has 0 radical (unpaired) electrons. The van der Waals surface area contributed by atoms with Crippen LogP contribution >= 0.6 is 34.4 Å². The number of benzene rings is 1. The van der Waals surface area contributed by atoms with Crippen LogP contribution in [-0.4, -0.2) is 33.8 Å². The van der Waals surface area contributed by atoms with E-state index in [1.54, 1.807) is 11.8 Å². The summed E-state index contributed by atoms with van der Waals surface area (Å²) in [6.07, 6.45) is -0.551. The van der Waals surface area contributed by atoms with Gasteiger partial charge in [-0.05, 0) is 32.4 Å². The molecule has 11 heteroatoms. The van der Waals surface area contributed by atoms with E-state index < -0.39 is 6.09 Å². The Morgan fingerprint density at radius 3 is 2.77 bits per heavy atom. The first-order chi connectivity index (χ1) is 14.4. The van der Waals surface area contributed by atoms with Crippen molar-refractivity contribution in [2.75, 3.05) is 16.8 Å². The van der Waals surface area contributed by atoms with Crippen molar-refractivity contribution in [3.63, 3.8) is 0 Å². The molecule has 0 aliphatic carbocycles. The Morgan fingerprint density at radius 1 is 1.27 bits per heavy atom. The Bertz CT molecular complexity index is 1050. The average Bonchev–Trinajstić information content (AvgIpc) is 3.31. The minimum atomic E-state index is -0.551. The fraction of sp³-hybridized carbons (Fsp3) is 0.316. The topological polar surface area (TPSA) is 97.3 Å². The van der Waals surface area contributed by atoms with Crippen LogP contribution in [0.25, 0.3) is 0 Å². The Balaban J connectivity index is 1.67. The summed E-state index contributed by atoms with van der Waals surface area (Å²) in [7, 11) is 0. The fourth-order valence-electron chi connectivity index (χ4n) is 2.64. The van der Waals surface area contributed by atoms with Gasteiger partial charge in [0.15, 0.2) is 9.47 Å². The zero-order chi connectivity index (χ0) is 21.7. The summed E-state index contributed by atoms with van der Waals surface area (Å²) < 4.78 is 5.52. The third-order valence-corrected chi connectivity index (χ3v) is 6.75. The van der Waals surface area contributed by atoms with Crippen molar-refractivity contribution in [1.29, 1.82) is 0 Å². The molecule has 0 bridgehead atoms. The summed E-state index contributed by atoms with van der Waals surface area (Å²) in [5.41, 5.74) is 3.84. The van der Waals surface area contributed by atoms with E-state index in [4.69, 9.17) is 4.74 Å². The van der Waals surface area contributed by atoms with E-state index >= 15 is 0 Å². The molecule has 3 rings (SSSR count). The Kier molecular flexibility index (Phi) is 7.40. The number of carbonyl (C=O) groups is 2. The van der Waals surface area contributed by atoms with Crippen LogP contribution in [0, 0.1) is 13.8 Å². The van der Waals surface area contributed by atoms with Crippen LogP contribution in [0.2, 0.25) is 0 Å². The molecule has 0 unspecified atom stereocenters. The van der Waals surface area contributed by atoms with Crippen molar-refractivity contribution >= 4 is 62.4 Å². The maximum absolute atomic E-state index is 12.3. The lowest BCUT2D eigenvalue weighted by Crippen LogP contribution is -2.23. The molecule has 0 spiro atoms. The average molecular weight is 464 g/mol. The van der Waals surface area contributed by atoms with Crippen LogP contribution in [0.5, 0.6) is 0 Å². The third kappa shape index (κ3) is 5.55. The molecule has 0 saturated heterocycles. The summed E-state index contributed by atoms with van der Waals surface area (Å²) >= 11 is 4.15. The standard InChI is InChI=1S/C19H21N5O3S3/c1-5-27-18(26)21-16-22-23-19(30-16)29-10-14-9-28-17(20-14)24(13(4)25)15-7-6-11(2)8-12(15)3/h6-9H,5,10H2,1-4H3,(H,21,22,26). The monoisotopic (exact) mass is 463 g/mol. The first kappa shape index (κ1) is 22.2. The number of thioether (sulfide) groups is 1. The van der Waals surface area contributed by atoms with Gasteiger partial charge in [-0.15, -0.1) is 21.5 Å². The summed E-state index contributed by atoms with van der Waals surface area (Å²) in [4.78, 5) is 30.0. The number of hydrogen-bond donors (Lipinski definition) is 1. The highest BCUT2D eigenvalue weighted by Gasteiger charge is 2.20. The molecule has 2 aromatic heterocycles. The highest BCUT2D eigenvalue weighted by Crippen LogP contribution is 2.34. The second-order valence-electron chi connectivity index (χ2n) is 6.27. The summed E-state index contributed by atoms with van der Waals surface area (Å²) in [5, 5.41) is 13.5. The van der Waals surface area contributed by atoms with E-state index in [9.17, 15) is 9.59 Å². The molecule has 158 valence electrons. The van der Waals surface area contributed by atoms with Gasteiger partial charge in [-0.3, -0.25) is 15.0 Å². The van der Waals surface area contributed by atoms with Gasteiger partial charge in [0.05, 0.1) is 18.0 Å². The van der Waals surface area contributed by atoms with Gasteiger partial charge in [0.1, 0.15) is 0 Å². The molecule has 2 heterocycles. The van der Waals surface area contributed by atoms with Gasteiger partial charge in [0.25, 0.3) is 0 Å².